The Balaban J connectivity index is 1.71. The van der Waals surface area contributed by atoms with Crippen molar-refractivity contribution >= 4 is 0 Å². The average Bonchev–Trinajstić information content (AvgIpc) is 2.76. The lowest BCUT2D eigenvalue weighted by atomic mass is 9.68. The molecule has 0 radical (unpaired) electrons. The molecule has 3 aliphatic rings. The highest BCUT2D eigenvalue weighted by molar-refractivity contribution is 5.12. The minimum Gasteiger partial charge on any atom is -0.309 e. The van der Waals surface area contributed by atoms with Crippen LogP contribution in [0.1, 0.15) is 52.9 Å². The molecular formula is C16H30N2. The molecular weight excluding hydrogens is 220 g/mol. The summed E-state index contributed by atoms with van der Waals surface area (Å²) in [5, 5.41) is 4.07. The van der Waals surface area contributed by atoms with E-state index in [0.29, 0.717) is 10.8 Å². The predicted octanol–water partition coefficient (Wildman–Crippen LogP) is 2.89. The number of piperidine rings is 1. The van der Waals surface area contributed by atoms with E-state index >= 15 is 0 Å². The second-order valence-electron chi connectivity index (χ2n) is 8.12. The van der Waals surface area contributed by atoms with Crippen LogP contribution in [-0.4, -0.2) is 37.1 Å². The third-order valence-corrected chi connectivity index (χ3v) is 6.30. The first kappa shape index (κ1) is 12.9. The number of hydrogen-bond donors (Lipinski definition) is 1. The fourth-order valence-electron chi connectivity index (χ4n) is 5.26. The summed E-state index contributed by atoms with van der Waals surface area (Å²) < 4.78 is 0. The van der Waals surface area contributed by atoms with Gasteiger partial charge in [0.25, 0.3) is 0 Å². The lowest BCUT2D eigenvalue weighted by Gasteiger charge is -2.46. The van der Waals surface area contributed by atoms with Gasteiger partial charge in [-0.2, -0.15) is 0 Å². The topological polar surface area (TPSA) is 15.3 Å². The summed E-state index contributed by atoms with van der Waals surface area (Å²) >= 11 is 0. The SMILES string of the molecule is CN1CCCC(NC2C3(C)CCC(C3)C2(C)C)C1. The quantitative estimate of drug-likeness (QED) is 0.811. The van der Waals surface area contributed by atoms with E-state index in [1.807, 2.05) is 0 Å². The lowest BCUT2D eigenvalue weighted by molar-refractivity contribution is 0.0840. The largest absolute Gasteiger partial charge is 0.309 e. The molecule has 2 aliphatic carbocycles. The number of hydrogen-bond acceptors (Lipinski definition) is 2. The number of likely N-dealkylation sites (N-methyl/N-ethyl adjacent to an activating group) is 1. The normalized spacial score (nSPS) is 47.7. The van der Waals surface area contributed by atoms with Crippen LogP contribution in [0.2, 0.25) is 0 Å². The minimum absolute atomic E-state index is 0.503. The second-order valence-corrected chi connectivity index (χ2v) is 8.12. The Labute approximate surface area is 113 Å². The summed E-state index contributed by atoms with van der Waals surface area (Å²) in [4.78, 5) is 2.49. The Morgan fingerprint density at radius 1 is 1.17 bits per heavy atom. The molecule has 1 heterocycles. The summed E-state index contributed by atoms with van der Waals surface area (Å²) in [6.07, 6.45) is 7.10. The number of nitrogens with one attached hydrogen (secondary N) is 1. The van der Waals surface area contributed by atoms with E-state index in [1.54, 1.807) is 0 Å². The number of nitrogens with zero attached hydrogens (tertiary/aromatic N) is 1. The maximum Gasteiger partial charge on any atom is 0.0198 e. The average molecular weight is 250 g/mol. The van der Waals surface area contributed by atoms with Crippen molar-refractivity contribution in [3.8, 4) is 0 Å². The molecule has 1 saturated heterocycles. The van der Waals surface area contributed by atoms with Gasteiger partial charge < -0.3 is 10.2 Å². The first-order chi connectivity index (χ1) is 8.42. The van der Waals surface area contributed by atoms with E-state index in [2.05, 4.69) is 38.0 Å². The summed E-state index contributed by atoms with van der Waals surface area (Å²) in [6, 6.07) is 1.46. The van der Waals surface area contributed by atoms with Gasteiger partial charge in [-0.1, -0.05) is 20.8 Å². The van der Waals surface area contributed by atoms with Gasteiger partial charge in [-0.3, -0.25) is 0 Å². The van der Waals surface area contributed by atoms with Gasteiger partial charge >= 0.3 is 0 Å². The van der Waals surface area contributed by atoms with Crippen LogP contribution in [-0.2, 0) is 0 Å². The van der Waals surface area contributed by atoms with Crippen LogP contribution in [0.3, 0.4) is 0 Å². The van der Waals surface area contributed by atoms with Crippen molar-refractivity contribution in [1.82, 2.24) is 10.2 Å². The van der Waals surface area contributed by atoms with E-state index in [0.717, 1.165) is 18.0 Å². The summed E-state index contributed by atoms with van der Waals surface area (Å²) in [6.45, 7) is 10.1. The molecule has 104 valence electrons. The summed E-state index contributed by atoms with van der Waals surface area (Å²) in [7, 11) is 2.27. The molecule has 2 heteroatoms. The first-order valence-electron chi connectivity index (χ1n) is 7.86. The molecule has 0 spiro atoms. The van der Waals surface area contributed by atoms with Crippen LogP contribution in [0.5, 0.6) is 0 Å². The van der Waals surface area contributed by atoms with Crippen molar-refractivity contribution < 1.29 is 0 Å². The monoisotopic (exact) mass is 250 g/mol. The smallest absolute Gasteiger partial charge is 0.0198 e. The Kier molecular flexibility index (Phi) is 3.02. The molecule has 2 nitrogen and oxygen atoms in total. The molecule has 0 aromatic heterocycles. The molecule has 2 bridgehead atoms. The first-order valence-corrected chi connectivity index (χ1v) is 7.86. The fourth-order valence-corrected chi connectivity index (χ4v) is 5.26. The number of likely N-dealkylation sites (tertiary alicyclic amines) is 1. The zero-order valence-corrected chi connectivity index (χ0v) is 12.6. The van der Waals surface area contributed by atoms with E-state index in [4.69, 9.17) is 0 Å². The lowest BCUT2D eigenvalue weighted by Crippen LogP contribution is -2.57. The van der Waals surface area contributed by atoms with E-state index in [9.17, 15) is 0 Å². The maximum absolute atomic E-state index is 4.07. The van der Waals surface area contributed by atoms with Crippen LogP contribution in [0.25, 0.3) is 0 Å². The molecule has 3 rings (SSSR count). The van der Waals surface area contributed by atoms with Crippen molar-refractivity contribution in [2.45, 2.75) is 65.0 Å². The zero-order valence-electron chi connectivity index (χ0n) is 12.6. The van der Waals surface area contributed by atoms with Crippen molar-refractivity contribution in [1.29, 1.82) is 0 Å². The highest BCUT2D eigenvalue weighted by atomic mass is 15.2. The molecule has 4 unspecified atom stereocenters. The second kappa shape index (κ2) is 4.21. The van der Waals surface area contributed by atoms with Crippen LogP contribution in [0, 0.1) is 16.7 Å². The highest BCUT2D eigenvalue weighted by Gasteiger charge is 2.59. The van der Waals surface area contributed by atoms with Crippen LogP contribution in [0.15, 0.2) is 0 Å². The van der Waals surface area contributed by atoms with Crippen molar-refractivity contribution in [2.75, 3.05) is 20.1 Å². The standard InChI is InChI=1S/C16H30N2/c1-15(2)12-7-8-16(3,10-12)14(15)17-13-6-5-9-18(4)11-13/h12-14,17H,5-11H2,1-4H3. The molecule has 2 saturated carbocycles. The van der Waals surface area contributed by atoms with Gasteiger partial charge in [0.15, 0.2) is 0 Å². The minimum atomic E-state index is 0.503. The maximum atomic E-state index is 4.07. The number of fused-ring (bicyclic) bond motifs is 2. The zero-order chi connectivity index (χ0) is 13.0. The summed E-state index contributed by atoms with van der Waals surface area (Å²) in [5.41, 5.74) is 1.08. The molecule has 0 aromatic rings. The Morgan fingerprint density at radius 2 is 1.94 bits per heavy atom. The Hall–Kier alpha value is -0.0800. The van der Waals surface area contributed by atoms with Gasteiger partial charge in [0.1, 0.15) is 0 Å². The molecule has 0 aromatic carbocycles. The van der Waals surface area contributed by atoms with Gasteiger partial charge in [-0.05, 0) is 62.4 Å². The van der Waals surface area contributed by atoms with Crippen molar-refractivity contribution in [3.05, 3.63) is 0 Å². The molecule has 18 heavy (non-hydrogen) atoms. The molecule has 4 atom stereocenters. The molecule has 3 fully saturated rings. The van der Waals surface area contributed by atoms with Gasteiger partial charge in [-0.15, -0.1) is 0 Å². The van der Waals surface area contributed by atoms with Crippen LogP contribution >= 0.6 is 0 Å². The third kappa shape index (κ3) is 1.92. The van der Waals surface area contributed by atoms with Crippen LogP contribution in [0.4, 0.5) is 0 Å². The number of rotatable bonds is 2. The van der Waals surface area contributed by atoms with E-state index in [-0.39, 0.29) is 0 Å². The van der Waals surface area contributed by atoms with Crippen molar-refractivity contribution in [3.63, 3.8) is 0 Å². The Bertz CT molecular complexity index is 320. The van der Waals surface area contributed by atoms with E-state index < -0.39 is 0 Å². The van der Waals surface area contributed by atoms with Gasteiger partial charge in [0.05, 0.1) is 0 Å². The van der Waals surface area contributed by atoms with Gasteiger partial charge in [0, 0.05) is 18.6 Å². The summed E-state index contributed by atoms with van der Waals surface area (Å²) in [5.74, 6) is 0.960. The molecule has 1 aliphatic heterocycles. The fraction of sp³-hybridized carbons (Fsp3) is 1.00. The van der Waals surface area contributed by atoms with E-state index in [1.165, 1.54) is 45.2 Å². The Morgan fingerprint density at radius 3 is 2.56 bits per heavy atom. The molecule has 1 N–H and O–H groups in total. The molecule has 0 amide bonds. The predicted molar refractivity (Wildman–Crippen MR) is 76.7 cm³/mol. The third-order valence-electron chi connectivity index (χ3n) is 6.30. The van der Waals surface area contributed by atoms with Gasteiger partial charge in [-0.25, -0.2) is 0 Å². The van der Waals surface area contributed by atoms with Crippen molar-refractivity contribution in [2.24, 2.45) is 16.7 Å². The highest BCUT2D eigenvalue weighted by Crippen LogP contribution is 2.62. The van der Waals surface area contributed by atoms with Crippen LogP contribution < -0.4 is 5.32 Å². The van der Waals surface area contributed by atoms with Gasteiger partial charge in [0.2, 0.25) is 0 Å².